The number of halogens is 1. The quantitative estimate of drug-likeness (QED) is 0.615. The highest BCUT2D eigenvalue weighted by Crippen LogP contribution is 2.37. The summed E-state index contributed by atoms with van der Waals surface area (Å²) in [6.07, 6.45) is 3.43. The molecule has 150 valence electrons. The van der Waals surface area contributed by atoms with Crippen LogP contribution in [0.15, 0.2) is 55.4 Å². The average Bonchev–Trinajstić information content (AvgIpc) is 2.65. The Hall–Kier alpha value is -3.21. The number of aromatic nitrogens is 2. The van der Waals surface area contributed by atoms with Crippen LogP contribution in [0, 0.1) is 19.7 Å². The van der Waals surface area contributed by atoms with Crippen molar-refractivity contribution in [1.82, 2.24) is 9.97 Å². The van der Waals surface area contributed by atoms with Crippen LogP contribution in [0.5, 0.6) is 0 Å². The Kier molecular flexibility index (Phi) is 5.42. The Morgan fingerprint density at radius 1 is 1.03 bits per heavy atom. The van der Waals surface area contributed by atoms with Crippen LogP contribution in [-0.4, -0.2) is 15.5 Å². The van der Waals surface area contributed by atoms with Gasteiger partial charge in [-0.15, -0.1) is 0 Å². The van der Waals surface area contributed by atoms with Gasteiger partial charge in [-0.25, -0.2) is 14.4 Å². The van der Waals surface area contributed by atoms with Crippen LogP contribution in [0.3, 0.4) is 0 Å². The number of nitrogens with two attached hydrogens (primary N) is 1. The molecule has 0 unspecified atom stereocenters. The van der Waals surface area contributed by atoms with E-state index in [1.807, 2.05) is 12.1 Å². The molecule has 5 heteroatoms. The Morgan fingerprint density at radius 2 is 1.69 bits per heavy atom. The van der Waals surface area contributed by atoms with E-state index < -0.39 is 0 Å². The van der Waals surface area contributed by atoms with E-state index in [1.165, 1.54) is 6.07 Å². The Bertz CT molecular complexity index is 1050. The molecule has 0 aliphatic heterocycles. The van der Waals surface area contributed by atoms with E-state index in [4.69, 9.17) is 5.73 Å². The summed E-state index contributed by atoms with van der Waals surface area (Å²) in [4.78, 5) is 10.3. The maximum absolute atomic E-state index is 14.2. The van der Waals surface area contributed by atoms with Crippen LogP contribution in [0.2, 0.25) is 0 Å². The highest BCUT2D eigenvalue weighted by atomic mass is 19.1. The number of rotatable bonds is 4. The van der Waals surface area contributed by atoms with E-state index in [2.05, 4.69) is 61.3 Å². The third kappa shape index (κ3) is 4.14. The van der Waals surface area contributed by atoms with Gasteiger partial charge in [0, 0.05) is 40.4 Å². The molecule has 0 radical (unpaired) electrons. The largest absolute Gasteiger partial charge is 0.368 e. The summed E-state index contributed by atoms with van der Waals surface area (Å²) in [6.45, 7) is 14.5. The van der Waals surface area contributed by atoms with E-state index in [1.54, 1.807) is 25.4 Å². The Balaban J connectivity index is 2.07. The standard InChI is InChI=1S/C24H27FN4/c1-15-12-18(19-13-27-23(26)28-14-19)10-11-22(15)29(24(4,5)6)17(3)20-8-7-9-21(25)16(20)2/h7-14H,3H2,1-2,4-6H3,(H2,26,27,28). The molecule has 0 fully saturated rings. The molecule has 1 heterocycles. The molecule has 1 aromatic heterocycles. The average molecular weight is 391 g/mol. The van der Waals surface area contributed by atoms with E-state index in [0.29, 0.717) is 5.56 Å². The van der Waals surface area contributed by atoms with E-state index >= 15 is 0 Å². The minimum atomic E-state index is -0.258. The summed E-state index contributed by atoms with van der Waals surface area (Å²) in [5, 5.41) is 0. The van der Waals surface area contributed by atoms with Crippen LogP contribution in [0.1, 0.15) is 37.5 Å². The molecule has 0 saturated carbocycles. The first-order valence-electron chi connectivity index (χ1n) is 9.53. The van der Waals surface area contributed by atoms with Crippen LogP contribution >= 0.6 is 0 Å². The van der Waals surface area contributed by atoms with Gasteiger partial charge in [-0.05, 0) is 69.5 Å². The molecule has 3 rings (SSSR count). The molecule has 4 nitrogen and oxygen atoms in total. The Labute approximate surface area is 171 Å². The van der Waals surface area contributed by atoms with Gasteiger partial charge >= 0.3 is 0 Å². The second-order valence-electron chi connectivity index (χ2n) is 8.20. The third-order valence-electron chi connectivity index (χ3n) is 4.96. The second kappa shape index (κ2) is 7.66. The maximum Gasteiger partial charge on any atom is 0.219 e. The number of benzene rings is 2. The summed E-state index contributed by atoms with van der Waals surface area (Å²) in [6, 6.07) is 11.3. The maximum atomic E-state index is 14.2. The fourth-order valence-electron chi connectivity index (χ4n) is 3.53. The molecule has 0 atom stereocenters. The molecule has 0 spiro atoms. The topological polar surface area (TPSA) is 55.0 Å². The van der Waals surface area contributed by atoms with Gasteiger partial charge in [-0.1, -0.05) is 24.8 Å². The number of nitrogens with zero attached hydrogens (tertiary/aromatic N) is 3. The first-order valence-corrected chi connectivity index (χ1v) is 9.53. The molecule has 0 saturated heterocycles. The first kappa shape index (κ1) is 20.5. The zero-order chi connectivity index (χ0) is 21.3. The van der Waals surface area contributed by atoms with E-state index in [0.717, 1.165) is 33.6 Å². The lowest BCUT2D eigenvalue weighted by Crippen LogP contribution is -2.40. The van der Waals surface area contributed by atoms with Crippen molar-refractivity contribution in [3.63, 3.8) is 0 Å². The molecule has 0 amide bonds. The molecule has 2 N–H and O–H groups in total. The summed E-state index contributed by atoms with van der Waals surface area (Å²) >= 11 is 0. The van der Waals surface area contributed by atoms with Gasteiger partial charge in [-0.3, -0.25) is 0 Å². The fourth-order valence-corrected chi connectivity index (χ4v) is 3.53. The van der Waals surface area contributed by atoms with Gasteiger partial charge in [-0.2, -0.15) is 0 Å². The highest BCUT2D eigenvalue weighted by molar-refractivity contribution is 5.83. The van der Waals surface area contributed by atoms with Crippen molar-refractivity contribution in [2.45, 2.75) is 40.2 Å². The summed E-state index contributed by atoms with van der Waals surface area (Å²) < 4.78 is 14.2. The number of hydrogen-bond donors (Lipinski definition) is 1. The monoisotopic (exact) mass is 390 g/mol. The predicted molar refractivity (Wildman–Crippen MR) is 119 cm³/mol. The van der Waals surface area contributed by atoms with Gasteiger partial charge < -0.3 is 10.6 Å². The lowest BCUT2D eigenvalue weighted by Gasteiger charge is -2.40. The van der Waals surface area contributed by atoms with Gasteiger partial charge in [0.15, 0.2) is 0 Å². The van der Waals surface area contributed by atoms with Crippen LogP contribution in [-0.2, 0) is 0 Å². The van der Waals surface area contributed by atoms with Crippen molar-refractivity contribution in [3.8, 4) is 11.1 Å². The molecular formula is C24H27FN4. The van der Waals surface area contributed by atoms with Gasteiger partial charge in [0.05, 0.1) is 0 Å². The number of anilines is 2. The van der Waals surface area contributed by atoms with Crippen molar-refractivity contribution in [1.29, 1.82) is 0 Å². The smallest absolute Gasteiger partial charge is 0.219 e. The minimum Gasteiger partial charge on any atom is -0.368 e. The number of hydrogen-bond acceptors (Lipinski definition) is 4. The minimum absolute atomic E-state index is 0.229. The zero-order valence-corrected chi connectivity index (χ0v) is 17.6. The fraction of sp³-hybridized carbons (Fsp3) is 0.250. The molecule has 29 heavy (non-hydrogen) atoms. The zero-order valence-electron chi connectivity index (χ0n) is 17.6. The Morgan fingerprint density at radius 3 is 2.28 bits per heavy atom. The summed E-state index contributed by atoms with van der Waals surface area (Å²) in [7, 11) is 0. The molecule has 2 aromatic carbocycles. The lowest BCUT2D eigenvalue weighted by atomic mass is 9.96. The van der Waals surface area contributed by atoms with Crippen molar-refractivity contribution in [3.05, 3.63) is 77.9 Å². The highest BCUT2D eigenvalue weighted by Gasteiger charge is 2.27. The van der Waals surface area contributed by atoms with Crippen LogP contribution in [0.25, 0.3) is 16.8 Å². The van der Waals surface area contributed by atoms with E-state index in [-0.39, 0.29) is 17.3 Å². The van der Waals surface area contributed by atoms with Crippen molar-refractivity contribution in [2.75, 3.05) is 10.6 Å². The van der Waals surface area contributed by atoms with Gasteiger partial charge in [0.1, 0.15) is 5.82 Å². The van der Waals surface area contributed by atoms with Crippen LogP contribution in [0.4, 0.5) is 16.0 Å². The van der Waals surface area contributed by atoms with Crippen molar-refractivity contribution < 1.29 is 4.39 Å². The SMILES string of the molecule is C=C(c1cccc(F)c1C)N(c1ccc(-c2cnc(N)nc2)cc1C)C(C)(C)C. The second-order valence-corrected chi connectivity index (χ2v) is 8.20. The van der Waals surface area contributed by atoms with E-state index in [9.17, 15) is 4.39 Å². The van der Waals surface area contributed by atoms with Gasteiger partial charge in [0.25, 0.3) is 0 Å². The van der Waals surface area contributed by atoms with Crippen LogP contribution < -0.4 is 10.6 Å². The summed E-state index contributed by atoms with van der Waals surface area (Å²) in [5.41, 5.74) is 11.5. The normalized spacial score (nSPS) is 11.4. The molecule has 3 aromatic rings. The van der Waals surface area contributed by atoms with Gasteiger partial charge in [0.2, 0.25) is 5.95 Å². The molecule has 0 aliphatic carbocycles. The molecule has 0 aliphatic rings. The lowest BCUT2D eigenvalue weighted by molar-refractivity contribution is 0.562. The predicted octanol–water partition coefficient (Wildman–Crippen LogP) is 5.76. The first-order chi connectivity index (χ1) is 13.6. The van der Waals surface area contributed by atoms with Crippen molar-refractivity contribution in [2.24, 2.45) is 0 Å². The molecule has 0 bridgehead atoms. The summed E-state index contributed by atoms with van der Waals surface area (Å²) in [5.74, 6) is 0.0238. The third-order valence-corrected chi connectivity index (χ3v) is 4.96. The molecular weight excluding hydrogens is 363 g/mol. The number of nitrogen functional groups attached to an aromatic ring is 1. The van der Waals surface area contributed by atoms with Crippen molar-refractivity contribution >= 4 is 17.3 Å². The number of aryl methyl sites for hydroxylation is 1.